The summed E-state index contributed by atoms with van der Waals surface area (Å²) in [7, 11) is 0. The molecule has 22 heavy (non-hydrogen) atoms. The van der Waals surface area contributed by atoms with Gasteiger partial charge in [-0.25, -0.2) is 0 Å². The van der Waals surface area contributed by atoms with Gasteiger partial charge in [0.15, 0.2) is 5.82 Å². The Kier molecular flexibility index (Phi) is 6.41. The summed E-state index contributed by atoms with van der Waals surface area (Å²) < 4.78 is 4.89. The molecule has 0 fully saturated rings. The first kappa shape index (κ1) is 18.5. The predicted molar refractivity (Wildman–Crippen MR) is 85.8 cm³/mol. The van der Waals surface area contributed by atoms with Crippen molar-refractivity contribution < 1.29 is 14.1 Å². The standard InChI is InChI=1S/C15H24ClN3O3/c1-10(2)7-19(14(21)15(4,5)9-16)8-13(20)17-12-6-11(3)22-18-12/h6,10H,7-9H2,1-5H3,(H,17,18,20). The molecule has 0 aliphatic rings. The molecule has 0 aliphatic carbocycles. The van der Waals surface area contributed by atoms with Crippen LogP contribution in [-0.2, 0) is 9.59 Å². The van der Waals surface area contributed by atoms with Gasteiger partial charge in [-0.05, 0) is 26.7 Å². The third-order valence-corrected chi connectivity index (χ3v) is 3.68. The van der Waals surface area contributed by atoms with Crippen molar-refractivity contribution in [2.45, 2.75) is 34.6 Å². The summed E-state index contributed by atoms with van der Waals surface area (Å²) in [6.45, 7) is 9.72. The summed E-state index contributed by atoms with van der Waals surface area (Å²) >= 11 is 5.87. The molecule has 0 atom stereocenters. The Hall–Kier alpha value is -1.56. The van der Waals surface area contributed by atoms with Gasteiger partial charge in [0.05, 0.1) is 12.0 Å². The third kappa shape index (κ3) is 5.33. The lowest BCUT2D eigenvalue weighted by atomic mass is 9.94. The molecule has 1 N–H and O–H groups in total. The van der Waals surface area contributed by atoms with Crippen LogP contribution in [0.25, 0.3) is 0 Å². The van der Waals surface area contributed by atoms with E-state index in [-0.39, 0.29) is 30.2 Å². The maximum absolute atomic E-state index is 12.6. The van der Waals surface area contributed by atoms with Gasteiger partial charge in [-0.1, -0.05) is 19.0 Å². The van der Waals surface area contributed by atoms with Crippen molar-refractivity contribution in [3.8, 4) is 0 Å². The number of carbonyl (C=O) groups excluding carboxylic acids is 2. The molecule has 6 nitrogen and oxygen atoms in total. The highest BCUT2D eigenvalue weighted by atomic mass is 35.5. The Balaban J connectivity index is 2.76. The molecule has 0 radical (unpaired) electrons. The fraction of sp³-hybridized carbons (Fsp3) is 0.667. The largest absolute Gasteiger partial charge is 0.360 e. The van der Waals surface area contributed by atoms with Gasteiger partial charge in [0, 0.05) is 18.5 Å². The van der Waals surface area contributed by atoms with Crippen LogP contribution < -0.4 is 5.32 Å². The Morgan fingerprint density at radius 1 is 1.45 bits per heavy atom. The van der Waals surface area contributed by atoms with Crippen LogP contribution in [-0.4, -0.2) is 40.8 Å². The number of amides is 2. The molecule has 7 heteroatoms. The van der Waals surface area contributed by atoms with E-state index in [0.29, 0.717) is 18.1 Å². The van der Waals surface area contributed by atoms with Gasteiger partial charge < -0.3 is 14.7 Å². The fourth-order valence-corrected chi connectivity index (χ4v) is 2.04. The minimum Gasteiger partial charge on any atom is -0.360 e. The molecule has 1 aromatic rings. The number of rotatable bonds is 7. The van der Waals surface area contributed by atoms with Crippen molar-refractivity contribution in [2.75, 3.05) is 24.3 Å². The minimum atomic E-state index is -0.707. The Morgan fingerprint density at radius 3 is 2.55 bits per heavy atom. The second kappa shape index (κ2) is 7.63. The number of alkyl halides is 1. The molecule has 0 bridgehead atoms. The molecule has 124 valence electrons. The van der Waals surface area contributed by atoms with Gasteiger partial charge >= 0.3 is 0 Å². The predicted octanol–water partition coefficient (Wildman–Crippen LogP) is 2.67. The highest BCUT2D eigenvalue weighted by molar-refractivity contribution is 6.19. The van der Waals surface area contributed by atoms with Crippen LogP contribution in [0.3, 0.4) is 0 Å². The number of halogens is 1. The molecule has 1 heterocycles. The molecule has 2 amide bonds. The maximum Gasteiger partial charge on any atom is 0.245 e. The molecular formula is C15H24ClN3O3. The number of hydrogen-bond donors (Lipinski definition) is 1. The quantitative estimate of drug-likeness (QED) is 0.780. The van der Waals surface area contributed by atoms with Gasteiger partial charge in [-0.3, -0.25) is 9.59 Å². The summed E-state index contributed by atoms with van der Waals surface area (Å²) in [5.74, 6) is 0.946. The van der Waals surface area contributed by atoms with Crippen molar-refractivity contribution in [1.82, 2.24) is 10.1 Å². The zero-order chi connectivity index (χ0) is 16.9. The van der Waals surface area contributed by atoms with Crippen molar-refractivity contribution in [1.29, 1.82) is 0 Å². The van der Waals surface area contributed by atoms with E-state index in [1.54, 1.807) is 26.8 Å². The molecule has 0 saturated heterocycles. The van der Waals surface area contributed by atoms with Crippen molar-refractivity contribution in [2.24, 2.45) is 11.3 Å². The van der Waals surface area contributed by atoms with Gasteiger partial charge in [0.1, 0.15) is 5.76 Å². The molecule has 0 aromatic carbocycles. The number of nitrogens with zero attached hydrogens (tertiary/aromatic N) is 2. The normalized spacial score (nSPS) is 11.6. The number of aromatic nitrogens is 1. The summed E-state index contributed by atoms with van der Waals surface area (Å²) in [5, 5.41) is 6.32. The van der Waals surface area contributed by atoms with Gasteiger partial charge in [-0.2, -0.15) is 0 Å². The van der Waals surface area contributed by atoms with Crippen molar-refractivity contribution >= 4 is 29.2 Å². The van der Waals surface area contributed by atoms with Crippen molar-refractivity contribution in [3.05, 3.63) is 11.8 Å². The van der Waals surface area contributed by atoms with E-state index < -0.39 is 5.41 Å². The Morgan fingerprint density at radius 2 is 2.09 bits per heavy atom. The first-order valence-electron chi connectivity index (χ1n) is 7.24. The average Bonchev–Trinajstić information content (AvgIpc) is 2.81. The zero-order valence-corrected chi connectivity index (χ0v) is 14.5. The zero-order valence-electron chi connectivity index (χ0n) is 13.8. The van der Waals surface area contributed by atoms with Gasteiger partial charge in [0.2, 0.25) is 11.8 Å². The Labute approximate surface area is 136 Å². The number of carbonyl (C=O) groups is 2. The minimum absolute atomic E-state index is 0.0385. The SMILES string of the molecule is Cc1cc(NC(=O)CN(CC(C)C)C(=O)C(C)(C)CCl)no1. The fourth-order valence-electron chi connectivity index (χ4n) is 1.93. The lowest BCUT2D eigenvalue weighted by molar-refractivity contribution is -0.142. The second-order valence-corrected chi connectivity index (χ2v) is 6.74. The highest BCUT2D eigenvalue weighted by Crippen LogP contribution is 2.21. The number of anilines is 1. The average molecular weight is 330 g/mol. The summed E-state index contributed by atoms with van der Waals surface area (Å²) in [4.78, 5) is 26.2. The van der Waals surface area contributed by atoms with Crippen molar-refractivity contribution in [3.63, 3.8) is 0 Å². The summed E-state index contributed by atoms with van der Waals surface area (Å²) in [6, 6.07) is 1.62. The molecule has 0 saturated carbocycles. The molecular weight excluding hydrogens is 306 g/mol. The number of hydrogen-bond acceptors (Lipinski definition) is 4. The maximum atomic E-state index is 12.6. The molecule has 0 spiro atoms. The first-order valence-corrected chi connectivity index (χ1v) is 7.77. The highest BCUT2D eigenvalue weighted by Gasteiger charge is 2.32. The van der Waals surface area contributed by atoms with Crippen LogP contribution in [0.4, 0.5) is 5.82 Å². The van der Waals surface area contributed by atoms with Crippen LogP contribution in [0.5, 0.6) is 0 Å². The van der Waals surface area contributed by atoms with Crippen LogP contribution >= 0.6 is 11.6 Å². The molecule has 1 rings (SSSR count). The topological polar surface area (TPSA) is 75.4 Å². The van der Waals surface area contributed by atoms with Crippen LogP contribution in [0.1, 0.15) is 33.5 Å². The van der Waals surface area contributed by atoms with E-state index in [4.69, 9.17) is 16.1 Å². The summed E-state index contributed by atoms with van der Waals surface area (Å²) in [6.07, 6.45) is 0. The van der Waals surface area contributed by atoms with E-state index >= 15 is 0 Å². The van der Waals surface area contributed by atoms with Crippen LogP contribution in [0, 0.1) is 18.3 Å². The smallest absolute Gasteiger partial charge is 0.245 e. The van der Waals surface area contributed by atoms with E-state index in [0.717, 1.165) is 0 Å². The van der Waals surface area contributed by atoms with E-state index in [9.17, 15) is 9.59 Å². The number of aryl methyl sites for hydroxylation is 1. The van der Waals surface area contributed by atoms with Crippen LogP contribution in [0.15, 0.2) is 10.6 Å². The van der Waals surface area contributed by atoms with Gasteiger partial charge in [-0.15, -0.1) is 11.6 Å². The van der Waals surface area contributed by atoms with E-state index in [2.05, 4.69) is 10.5 Å². The van der Waals surface area contributed by atoms with Crippen LogP contribution in [0.2, 0.25) is 0 Å². The summed E-state index contributed by atoms with van der Waals surface area (Å²) in [5.41, 5.74) is -0.707. The molecule has 1 aromatic heterocycles. The second-order valence-electron chi connectivity index (χ2n) is 6.47. The van der Waals surface area contributed by atoms with Gasteiger partial charge in [0.25, 0.3) is 0 Å². The van der Waals surface area contributed by atoms with E-state index in [1.807, 2.05) is 13.8 Å². The lowest BCUT2D eigenvalue weighted by Gasteiger charge is -2.31. The first-order chi connectivity index (χ1) is 10.2. The third-order valence-electron chi connectivity index (χ3n) is 3.02. The Bertz CT molecular complexity index is 526. The van der Waals surface area contributed by atoms with E-state index in [1.165, 1.54) is 4.90 Å². The molecule has 0 aliphatic heterocycles. The lowest BCUT2D eigenvalue weighted by Crippen LogP contribution is -2.47. The molecule has 0 unspecified atom stereocenters. The number of nitrogens with one attached hydrogen (secondary N) is 1. The monoisotopic (exact) mass is 329 g/mol.